The van der Waals surface area contributed by atoms with Crippen molar-refractivity contribution in [2.24, 2.45) is 0 Å². The highest BCUT2D eigenvalue weighted by Gasteiger charge is 2.47. The van der Waals surface area contributed by atoms with Crippen molar-refractivity contribution in [3.63, 3.8) is 0 Å². The fraction of sp³-hybridized carbons (Fsp3) is 0.200. The molecule has 0 N–H and O–H groups in total. The van der Waals surface area contributed by atoms with E-state index in [1.165, 1.54) is 0 Å². The number of hydrogen-bond donors (Lipinski definition) is 0. The van der Waals surface area contributed by atoms with Gasteiger partial charge in [-0.1, -0.05) is 24.3 Å². The molecular formula is C15H11F6O3S2+. The van der Waals surface area contributed by atoms with Crippen LogP contribution in [0.1, 0.15) is 0 Å². The molecule has 0 amide bonds. The van der Waals surface area contributed by atoms with Crippen LogP contribution in [-0.4, -0.2) is 21.0 Å². The summed E-state index contributed by atoms with van der Waals surface area (Å²) in [5.74, 6) is 0. The van der Waals surface area contributed by atoms with E-state index in [0.717, 1.165) is 0 Å². The van der Waals surface area contributed by atoms with E-state index >= 15 is 0 Å². The van der Waals surface area contributed by atoms with Gasteiger partial charge in [0.1, 0.15) is 10.5 Å². The first-order valence-corrected chi connectivity index (χ1v) is 9.80. The van der Waals surface area contributed by atoms with E-state index < -0.39 is 32.5 Å². The Labute approximate surface area is 146 Å². The summed E-state index contributed by atoms with van der Waals surface area (Å²) in [5, 5.41) is 1.42. The molecule has 0 saturated heterocycles. The first kappa shape index (κ1) is 20.5. The molecule has 0 fully saturated rings. The summed E-state index contributed by atoms with van der Waals surface area (Å²) in [6.07, 6.45) is -4.78. The minimum absolute atomic E-state index is 0.320. The summed E-state index contributed by atoms with van der Waals surface area (Å²) < 4.78 is 95.0. The van der Waals surface area contributed by atoms with Crippen LogP contribution < -0.4 is 0 Å². The van der Waals surface area contributed by atoms with Crippen molar-refractivity contribution in [1.82, 2.24) is 0 Å². The summed E-state index contributed by atoms with van der Waals surface area (Å²) in [6, 6.07) is 13.5. The maximum atomic E-state index is 13.1. The highest BCUT2D eigenvalue weighted by Crippen LogP contribution is 2.53. The maximum Gasteiger partial charge on any atom is 0.601 e. The standard InChI is InChI=1S/C13H8F3S.C2H3F3O3S/c14-13(15,16)17-11-7-3-1-5-9(11)10-6-2-4-8-12(10)17;1-9(6,7)8-2(3,4)5/h1-8H;1H3/q+1;. The number of benzene rings is 2. The Hall–Kier alpha value is -1.85. The zero-order valence-corrected chi connectivity index (χ0v) is 14.6. The summed E-state index contributed by atoms with van der Waals surface area (Å²) in [5.41, 5.74) is -4.21. The van der Waals surface area contributed by atoms with Crippen molar-refractivity contribution in [2.45, 2.75) is 11.9 Å². The SMILES string of the molecule is CS(=O)(=O)OC(F)(F)F.FC(F)(F)[s+]1c2ccccc2c2ccccc21. The average Bonchev–Trinajstić information content (AvgIpc) is 2.78. The van der Waals surface area contributed by atoms with E-state index in [9.17, 15) is 34.8 Å². The van der Waals surface area contributed by atoms with Crippen LogP contribution >= 0.6 is 10.5 Å². The molecular weight excluding hydrogens is 406 g/mol. The minimum Gasteiger partial charge on any atom is -0.199 e. The molecule has 1 aromatic heterocycles. The molecule has 11 heteroatoms. The molecule has 3 aromatic rings. The van der Waals surface area contributed by atoms with Crippen LogP contribution in [0, 0.1) is 0 Å². The molecule has 0 radical (unpaired) electrons. The lowest BCUT2D eigenvalue weighted by molar-refractivity contribution is -0.271. The third kappa shape index (κ3) is 5.08. The van der Waals surface area contributed by atoms with Crippen LogP contribution in [0.5, 0.6) is 0 Å². The lowest BCUT2D eigenvalue weighted by Gasteiger charge is -2.01. The molecule has 0 spiro atoms. The predicted octanol–water partition coefficient (Wildman–Crippen LogP) is 5.70. The van der Waals surface area contributed by atoms with Gasteiger partial charge in [0.2, 0.25) is 0 Å². The van der Waals surface area contributed by atoms with E-state index in [1.54, 1.807) is 48.5 Å². The molecule has 0 unspecified atom stereocenters. The quantitative estimate of drug-likeness (QED) is 0.290. The Balaban J connectivity index is 0.000000232. The fourth-order valence-corrected chi connectivity index (χ4v) is 4.58. The van der Waals surface area contributed by atoms with E-state index in [1.807, 2.05) is 0 Å². The normalized spacial score (nSPS) is 12.9. The average molecular weight is 417 g/mol. The van der Waals surface area contributed by atoms with Gasteiger partial charge in [-0.25, -0.2) is 0 Å². The van der Waals surface area contributed by atoms with Crippen molar-refractivity contribution < 1.29 is 38.9 Å². The molecule has 3 rings (SSSR count). The second-order valence-corrected chi connectivity index (χ2v) is 8.51. The van der Waals surface area contributed by atoms with E-state index in [-0.39, 0.29) is 0 Å². The van der Waals surface area contributed by atoms with Crippen LogP contribution in [0.25, 0.3) is 20.2 Å². The molecule has 26 heavy (non-hydrogen) atoms. The molecule has 0 atom stereocenters. The topological polar surface area (TPSA) is 43.4 Å². The van der Waals surface area contributed by atoms with Gasteiger partial charge < -0.3 is 0 Å². The van der Waals surface area contributed by atoms with Gasteiger partial charge in [-0.3, -0.25) is 0 Å². The van der Waals surface area contributed by atoms with Crippen molar-refractivity contribution in [3.05, 3.63) is 48.5 Å². The summed E-state index contributed by atoms with van der Waals surface area (Å²) in [4.78, 5) is 0. The number of hydrogen-bond acceptors (Lipinski definition) is 3. The lowest BCUT2D eigenvalue weighted by atomic mass is 10.2. The predicted molar refractivity (Wildman–Crippen MR) is 87.2 cm³/mol. The van der Waals surface area contributed by atoms with Crippen molar-refractivity contribution in [1.29, 1.82) is 0 Å². The highest BCUT2D eigenvalue weighted by atomic mass is 32.2. The van der Waals surface area contributed by atoms with Crippen LogP contribution in [0.2, 0.25) is 0 Å². The lowest BCUT2D eigenvalue weighted by Crippen LogP contribution is -2.18. The van der Waals surface area contributed by atoms with Crippen molar-refractivity contribution in [2.75, 3.05) is 6.26 Å². The number of fused-ring (bicyclic) bond motifs is 3. The van der Waals surface area contributed by atoms with Crippen LogP contribution in [0.15, 0.2) is 48.5 Å². The largest absolute Gasteiger partial charge is 0.601 e. The fourth-order valence-electron chi connectivity index (χ4n) is 2.27. The molecule has 0 aliphatic heterocycles. The van der Waals surface area contributed by atoms with Gasteiger partial charge in [-0.15, -0.1) is 26.3 Å². The maximum absolute atomic E-state index is 13.1. The van der Waals surface area contributed by atoms with Gasteiger partial charge in [-0.05, 0) is 24.3 Å². The van der Waals surface area contributed by atoms with Gasteiger partial charge >= 0.3 is 11.9 Å². The van der Waals surface area contributed by atoms with Gasteiger partial charge in [-0.2, -0.15) is 12.6 Å². The number of rotatable bonds is 1. The smallest absolute Gasteiger partial charge is 0.199 e. The molecule has 142 valence electrons. The second-order valence-electron chi connectivity index (χ2n) is 4.98. The molecule has 2 aromatic carbocycles. The first-order valence-electron chi connectivity index (χ1n) is 6.76. The Morgan fingerprint density at radius 2 is 1.19 bits per heavy atom. The van der Waals surface area contributed by atoms with Crippen LogP contribution in [0.4, 0.5) is 26.3 Å². The molecule has 3 nitrogen and oxygen atoms in total. The van der Waals surface area contributed by atoms with Gasteiger partial charge in [0.15, 0.2) is 9.40 Å². The molecule has 0 aliphatic carbocycles. The molecule has 0 bridgehead atoms. The minimum atomic E-state index is -5.10. The van der Waals surface area contributed by atoms with E-state index in [0.29, 0.717) is 26.4 Å². The number of halogens is 6. The Bertz CT molecular complexity index is 966. The van der Waals surface area contributed by atoms with Crippen LogP contribution in [-0.2, 0) is 19.8 Å². The highest BCUT2D eigenvalue weighted by molar-refractivity contribution is 7.86. The Morgan fingerprint density at radius 1 is 0.808 bits per heavy atom. The Kier molecular flexibility index (Phi) is 5.54. The third-order valence-corrected chi connectivity index (χ3v) is 5.53. The van der Waals surface area contributed by atoms with Crippen molar-refractivity contribution in [3.8, 4) is 0 Å². The van der Waals surface area contributed by atoms with E-state index in [4.69, 9.17) is 0 Å². The van der Waals surface area contributed by atoms with Crippen molar-refractivity contribution >= 4 is 40.8 Å². The molecule has 0 saturated carbocycles. The Morgan fingerprint density at radius 3 is 1.46 bits per heavy atom. The molecule has 0 aliphatic rings. The second kappa shape index (κ2) is 7.05. The van der Waals surface area contributed by atoms with Gasteiger partial charge in [0.05, 0.1) is 6.26 Å². The molecule has 1 heterocycles. The zero-order valence-electron chi connectivity index (χ0n) is 12.9. The summed E-state index contributed by atoms with van der Waals surface area (Å²) >= 11 is 0. The number of alkyl halides is 6. The van der Waals surface area contributed by atoms with Gasteiger partial charge in [0, 0.05) is 10.8 Å². The monoisotopic (exact) mass is 417 g/mol. The first-order chi connectivity index (χ1) is 11.8. The van der Waals surface area contributed by atoms with Crippen LogP contribution in [0.3, 0.4) is 0 Å². The summed E-state index contributed by atoms with van der Waals surface area (Å²) in [6.45, 7) is 0. The zero-order chi connectivity index (χ0) is 19.8. The van der Waals surface area contributed by atoms with Gasteiger partial charge in [0.25, 0.3) is 10.1 Å². The van der Waals surface area contributed by atoms with E-state index in [2.05, 4.69) is 4.18 Å². The summed E-state index contributed by atoms with van der Waals surface area (Å²) in [7, 11) is -6.20. The number of thiophene rings is 1. The third-order valence-electron chi connectivity index (χ3n) is 2.98.